The number of benzene rings is 1. The fraction of sp³-hybridized carbons (Fsp3) is 0.450. The Bertz CT molecular complexity index is 751. The maximum atomic E-state index is 12.8. The quantitative estimate of drug-likeness (QED) is 0.667. The number of carbonyl (C=O) groups excluding carboxylic acids is 3. The molecule has 25 heavy (non-hydrogen) atoms. The molecule has 5 aliphatic rings. The highest BCUT2D eigenvalue weighted by molar-refractivity contribution is 6.08. The maximum Gasteiger partial charge on any atom is 0.240 e. The van der Waals surface area contributed by atoms with Crippen molar-refractivity contribution in [3.05, 3.63) is 48.0 Å². The molecule has 0 aromatic heterocycles. The Morgan fingerprint density at radius 3 is 2.20 bits per heavy atom. The zero-order chi connectivity index (χ0) is 17.1. The van der Waals surface area contributed by atoms with Crippen molar-refractivity contribution in [1.82, 2.24) is 10.2 Å². The molecule has 2 saturated carbocycles. The normalized spacial score (nSPS) is 37.0. The third kappa shape index (κ3) is 2.18. The fourth-order valence-electron chi connectivity index (χ4n) is 5.17. The number of rotatable bonds is 4. The summed E-state index contributed by atoms with van der Waals surface area (Å²) in [6, 6.07) is 9.59. The van der Waals surface area contributed by atoms with Gasteiger partial charge in [0.25, 0.3) is 0 Å². The summed E-state index contributed by atoms with van der Waals surface area (Å²) in [5.74, 6) is 0.544. The molecule has 1 aliphatic heterocycles. The topological polar surface area (TPSA) is 66.5 Å². The van der Waals surface area contributed by atoms with Gasteiger partial charge in [-0.2, -0.15) is 0 Å². The van der Waals surface area contributed by atoms with Gasteiger partial charge in [-0.15, -0.1) is 0 Å². The average molecular weight is 336 g/mol. The molecule has 3 amide bonds. The highest BCUT2D eigenvalue weighted by Gasteiger charge is 2.67. The first-order chi connectivity index (χ1) is 12.1. The van der Waals surface area contributed by atoms with Crippen molar-refractivity contribution in [2.75, 3.05) is 6.54 Å². The third-order valence-corrected chi connectivity index (χ3v) is 6.39. The van der Waals surface area contributed by atoms with Crippen LogP contribution in [0.3, 0.4) is 0 Å². The van der Waals surface area contributed by atoms with E-state index in [9.17, 15) is 14.4 Å². The summed E-state index contributed by atoms with van der Waals surface area (Å²) in [5, 5.41) is 2.80. The van der Waals surface area contributed by atoms with Crippen LogP contribution in [0.2, 0.25) is 0 Å². The molecule has 5 heteroatoms. The largest absolute Gasteiger partial charge is 0.350 e. The molecule has 6 atom stereocenters. The lowest BCUT2D eigenvalue weighted by Gasteiger charge is -2.37. The van der Waals surface area contributed by atoms with E-state index in [4.69, 9.17) is 0 Å². The van der Waals surface area contributed by atoms with Gasteiger partial charge in [-0.25, -0.2) is 0 Å². The fourth-order valence-corrected chi connectivity index (χ4v) is 5.17. The summed E-state index contributed by atoms with van der Waals surface area (Å²) >= 11 is 0. The lowest BCUT2D eigenvalue weighted by atomic mass is 9.63. The van der Waals surface area contributed by atoms with Gasteiger partial charge in [-0.3, -0.25) is 19.3 Å². The minimum absolute atomic E-state index is 0.144. The van der Waals surface area contributed by atoms with Gasteiger partial charge in [0.15, 0.2) is 0 Å². The molecule has 3 fully saturated rings. The molecule has 128 valence electrons. The monoisotopic (exact) mass is 336 g/mol. The first-order valence-corrected chi connectivity index (χ1v) is 8.99. The third-order valence-electron chi connectivity index (χ3n) is 6.39. The van der Waals surface area contributed by atoms with Crippen LogP contribution >= 0.6 is 0 Å². The summed E-state index contributed by atoms with van der Waals surface area (Å²) in [5.41, 5.74) is 0.992. The van der Waals surface area contributed by atoms with Crippen LogP contribution in [-0.2, 0) is 20.9 Å². The zero-order valence-corrected chi connectivity index (χ0v) is 13.8. The standard InChI is InChI=1S/C20H20N2O3/c23-16(21-9-11-4-2-1-3-5-11)10-22-19(24)17-12-6-7-13(15-8-14(12)15)18(17)20(22)25/h1-7,12-15,17-18H,8-10H2,(H,21,23)/t12-,13+,14-,15-,17+,18+/m1/s1. The van der Waals surface area contributed by atoms with E-state index in [2.05, 4.69) is 17.5 Å². The number of amides is 3. The van der Waals surface area contributed by atoms with E-state index in [0.29, 0.717) is 18.4 Å². The van der Waals surface area contributed by atoms with Crippen molar-refractivity contribution in [2.45, 2.75) is 13.0 Å². The Morgan fingerprint density at radius 2 is 1.60 bits per heavy atom. The number of allylic oxidation sites excluding steroid dienone is 2. The number of likely N-dealkylation sites (tertiary alicyclic amines) is 1. The van der Waals surface area contributed by atoms with Crippen LogP contribution in [0.5, 0.6) is 0 Å². The van der Waals surface area contributed by atoms with Crippen molar-refractivity contribution in [2.24, 2.45) is 35.5 Å². The smallest absolute Gasteiger partial charge is 0.240 e. The van der Waals surface area contributed by atoms with Crippen LogP contribution < -0.4 is 5.32 Å². The second-order valence-corrected chi connectivity index (χ2v) is 7.68. The molecular weight excluding hydrogens is 316 g/mol. The number of hydrogen-bond acceptors (Lipinski definition) is 3. The first kappa shape index (κ1) is 14.9. The van der Waals surface area contributed by atoms with Crippen LogP contribution in [0.15, 0.2) is 42.5 Å². The van der Waals surface area contributed by atoms with E-state index < -0.39 is 0 Å². The molecule has 0 radical (unpaired) electrons. The van der Waals surface area contributed by atoms with Gasteiger partial charge >= 0.3 is 0 Å². The van der Waals surface area contributed by atoms with Gasteiger partial charge < -0.3 is 5.32 Å². The number of imide groups is 1. The molecule has 1 heterocycles. The lowest BCUT2D eigenvalue weighted by Crippen LogP contribution is -2.41. The van der Waals surface area contributed by atoms with Gasteiger partial charge in [0.05, 0.1) is 11.8 Å². The molecule has 1 N–H and O–H groups in total. The number of carbonyl (C=O) groups is 3. The van der Waals surface area contributed by atoms with E-state index in [1.165, 1.54) is 4.90 Å². The van der Waals surface area contributed by atoms with E-state index in [1.807, 2.05) is 30.3 Å². The second-order valence-electron chi connectivity index (χ2n) is 7.68. The summed E-state index contributed by atoms with van der Waals surface area (Å²) < 4.78 is 0. The predicted molar refractivity (Wildman–Crippen MR) is 89.7 cm³/mol. The zero-order valence-electron chi connectivity index (χ0n) is 13.8. The number of nitrogens with one attached hydrogen (secondary N) is 1. The molecule has 4 aliphatic carbocycles. The molecule has 1 saturated heterocycles. The highest BCUT2D eigenvalue weighted by atomic mass is 16.2. The Hall–Kier alpha value is -2.43. The minimum Gasteiger partial charge on any atom is -0.350 e. The number of nitrogens with zero attached hydrogens (tertiary/aromatic N) is 1. The number of hydrogen-bond donors (Lipinski definition) is 1. The molecule has 0 spiro atoms. The average Bonchev–Trinajstić information content (AvgIpc) is 3.42. The Kier molecular flexibility index (Phi) is 3.14. The summed E-state index contributed by atoms with van der Waals surface area (Å²) in [7, 11) is 0. The Labute approximate surface area is 146 Å². The van der Waals surface area contributed by atoms with Gasteiger partial charge in [0.2, 0.25) is 17.7 Å². The molecule has 5 nitrogen and oxygen atoms in total. The van der Waals surface area contributed by atoms with Crippen LogP contribution in [0.1, 0.15) is 12.0 Å². The maximum absolute atomic E-state index is 12.8. The van der Waals surface area contributed by atoms with Crippen molar-refractivity contribution >= 4 is 17.7 Å². The Morgan fingerprint density at radius 1 is 1.00 bits per heavy atom. The first-order valence-electron chi connectivity index (χ1n) is 8.99. The molecule has 6 rings (SSSR count). The van der Waals surface area contributed by atoms with Gasteiger partial charge in [-0.1, -0.05) is 42.5 Å². The second kappa shape index (κ2) is 5.28. The predicted octanol–water partition coefficient (Wildman–Crippen LogP) is 1.36. The van der Waals surface area contributed by atoms with Crippen LogP contribution in [0.25, 0.3) is 0 Å². The van der Waals surface area contributed by atoms with Crippen molar-refractivity contribution < 1.29 is 14.4 Å². The van der Waals surface area contributed by atoms with Gasteiger partial charge in [0, 0.05) is 6.54 Å². The van der Waals surface area contributed by atoms with E-state index in [0.717, 1.165) is 12.0 Å². The molecule has 1 aromatic rings. The summed E-state index contributed by atoms with van der Waals surface area (Å²) in [6.07, 6.45) is 5.43. The van der Waals surface area contributed by atoms with E-state index >= 15 is 0 Å². The minimum atomic E-state index is -0.283. The Balaban J connectivity index is 1.27. The molecular formula is C20H20N2O3. The summed E-state index contributed by atoms with van der Waals surface area (Å²) in [6.45, 7) is 0.242. The molecule has 0 unspecified atom stereocenters. The van der Waals surface area contributed by atoms with Crippen molar-refractivity contribution in [3.8, 4) is 0 Å². The van der Waals surface area contributed by atoms with Gasteiger partial charge in [0.1, 0.15) is 6.54 Å². The van der Waals surface area contributed by atoms with Gasteiger partial charge in [-0.05, 0) is 35.7 Å². The lowest BCUT2D eigenvalue weighted by molar-refractivity contribution is -0.143. The molecule has 1 aromatic carbocycles. The van der Waals surface area contributed by atoms with E-state index in [1.54, 1.807) is 0 Å². The molecule has 2 bridgehead atoms. The van der Waals surface area contributed by atoms with Crippen LogP contribution in [0.4, 0.5) is 0 Å². The van der Waals surface area contributed by atoms with Crippen molar-refractivity contribution in [1.29, 1.82) is 0 Å². The van der Waals surface area contributed by atoms with Crippen LogP contribution in [-0.4, -0.2) is 29.2 Å². The highest BCUT2D eigenvalue weighted by Crippen LogP contribution is 2.65. The van der Waals surface area contributed by atoms with Crippen molar-refractivity contribution in [3.63, 3.8) is 0 Å². The summed E-state index contributed by atoms with van der Waals surface area (Å²) in [4.78, 5) is 39.1. The van der Waals surface area contributed by atoms with Crippen LogP contribution in [0, 0.1) is 35.5 Å². The SMILES string of the molecule is O=C(CN1C(=O)[C@H]2[C@@H]3C=C[C@@H]([C@H]4C[C@H]34)[C@@H]2C1=O)NCc1ccccc1. The van der Waals surface area contributed by atoms with E-state index in [-0.39, 0.29) is 47.9 Å².